The van der Waals surface area contributed by atoms with Crippen LogP contribution in [0.25, 0.3) is 0 Å². The maximum absolute atomic E-state index is 13.2. The molecule has 0 radical (unpaired) electrons. The molecule has 2 amide bonds. The number of rotatable bonds is 4. The topological polar surface area (TPSA) is 68.8 Å². The number of carbonyl (C=O) groups is 2. The number of anilines is 1. The summed E-state index contributed by atoms with van der Waals surface area (Å²) in [6, 6.07) is 13.3. The lowest BCUT2D eigenvalue weighted by molar-refractivity contribution is -0.129. The number of carbonyl (C=O) groups excluding carboxylic acids is 2. The van der Waals surface area contributed by atoms with Gasteiger partial charge in [-0.15, -0.1) is 0 Å². The molecule has 0 spiro atoms. The van der Waals surface area contributed by atoms with Gasteiger partial charge in [0.1, 0.15) is 5.82 Å². The van der Waals surface area contributed by atoms with Gasteiger partial charge in [-0.05, 0) is 55.4 Å². The van der Waals surface area contributed by atoms with Crippen LogP contribution in [0.2, 0.25) is 0 Å². The molecule has 34 heavy (non-hydrogen) atoms. The first kappa shape index (κ1) is 22.8. The largest absolute Gasteiger partial charge is 0.367 e. The lowest BCUT2D eigenvalue weighted by Gasteiger charge is -2.40. The first-order valence-electron chi connectivity index (χ1n) is 12.6. The average Bonchev–Trinajstić information content (AvgIpc) is 2.88. The Hall–Kier alpha value is -2.93. The summed E-state index contributed by atoms with van der Waals surface area (Å²) in [4.78, 5) is 35.7. The van der Waals surface area contributed by atoms with Crippen molar-refractivity contribution >= 4 is 17.6 Å². The average molecular weight is 462 g/mol. The number of likely N-dealkylation sites (tertiary alicyclic amines) is 2. The van der Waals surface area contributed by atoms with E-state index in [1.807, 2.05) is 21.9 Å². The third-order valence-corrected chi connectivity index (χ3v) is 7.73. The van der Waals surface area contributed by atoms with Crippen molar-refractivity contribution < 1.29 is 9.59 Å². The molecule has 0 aliphatic carbocycles. The smallest absolute Gasteiger partial charge is 0.254 e. The Bertz CT molecular complexity index is 1030. The Kier molecular flexibility index (Phi) is 6.81. The maximum atomic E-state index is 13.2. The molecular formula is C27H35N5O2. The van der Waals surface area contributed by atoms with Crippen LogP contribution >= 0.6 is 0 Å². The molecule has 0 bridgehead atoms. The highest BCUT2D eigenvalue weighted by Crippen LogP contribution is 2.26. The van der Waals surface area contributed by atoms with Gasteiger partial charge in [0.15, 0.2) is 0 Å². The molecule has 0 atom stereocenters. The Morgan fingerprint density at radius 3 is 2.35 bits per heavy atom. The Balaban J connectivity index is 1.14. The summed E-state index contributed by atoms with van der Waals surface area (Å²) in [6.07, 6.45) is 6.69. The molecule has 1 N–H and O–H groups in total. The van der Waals surface area contributed by atoms with E-state index in [1.165, 1.54) is 11.1 Å². The number of hydrogen-bond acceptors (Lipinski definition) is 5. The minimum atomic E-state index is 0.0966. The highest BCUT2D eigenvalue weighted by Gasteiger charge is 2.29. The molecular weight excluding hydrogens is 426 g/mol. The van der Waals surface area contributed by atoms with Gasteiger partial charge in [-0.25, -0.2) is 4.98 Å². The maximum Gasteiger partial charge on any atom is 0.254 e. The lowest BCUT2D eigenvalue weighted by atomic mass is 9.95. The van der Waals surface area contributed by atoms with Crippen molar-refractivity contribution in [2.75, 3.05) is 38.0 Å². The number of aromatic nitrogens is 1. The summed E-state index contributed by atoms with van der Waals surface area (Å²) in [5.74, 6) is 0.978. The molecule has 1 aromatic heterocycles. The van der Waals surface area contributed by atoms with Gasteiger partial charge in [0.05, 0.1) is 0 Å². The van der Waals surface area contributed by atoms with Gasteiger partial charge in [-0.3, -0.25) is 14.5 Å². The number of pyridine rings is 1. The number of amides is 2. The van der Waals surface area contributed by atoms with Gasteiger partial charge in [-0.1, -0.05) is 24.3 Å². The number of hydrogen-bond donors (Lipinski definition) is 1. The minimum Gasteiger partial charge on any atom is -0.367 e. The Morgan fingerprint density at radius 1 is 0.912 bits per heavy atom. The van der Waals surface area contributed by atoms with Crippen LogP contribution < -0.4 is 5.32 Å². The lowest BCUT2D eigenvalue weighted by Crippen LogP contribution is -2.48. The number of piperidine rings is 2. The standard InChI is InChI=1S/C27H35N5O2/c1-20(33)30-14-8-24(9-15-30)29-26-18-22(6-12-28-26)27(34)31-16-10-25(11-17-31)32-13-7-21-4-2-3-5-23(21)19-32/h2-6,12,18,24-25H,7-11,13-17,19H2,1H3,(H,28,29). The highest BCUT2D eigenvalue weighted by molar-refractivity contribution is 5.94. The van der Waals surface area contributed by atoms with Crippen molar-refractivity contribution in [2.24, 2.45) is 0 Å². The van der Waals surface area contributed by atoms with E-state index in [4.69, 9.17) is 0 Å². The predicted octanol–water partition coefficient (Wildman–Crippen LogP) is 3.17. The monoisotopic (exact) mass is 461 g/mol. The van der Waals surface area contributed by atoms with Crippen LogP contribution in [-0.2, 0) is 17.8 Å². The van der Waals surface area contributed by atoms with Crippen LogP contribution in [0.15, 0.2) is 42.6 Å². The number of nitrogens with zero attached hydrogens (tertiary/aromatic N) is 4. The van der Waals surface area contributed by atoms with Crippen LogP contribution in [0, 0.1) is 0 Å². The Labute approximate surface area is 202 Å². The van der Waals surface area contributed by atoms with Crippen LogP contribution in [-0.4, -0.2) is 76.3 Å². The fourth-order valence-corrected chi connectivity index (χ4v) is 5.64. The van der Waals surface area contributed by atoms with E-state index < -0.39 is 0 Å². The summed E-state index contributed by atoms with van der Waals surface area (Å²) in [7, 11) is 0. The van der Waals surface area contributed by atoms with Gasteiger partial charge in [0.2, 0.25) is 5.91 Å². The Morgan fingerprint density at radius 2 is 1.62 bits per heavy atom. The summed E-state index contributed by atoms with van der Waals surface area (Å²) < 4.78 is 0. The third kappa shape index (κ3) is 5.09. The fourth-order valence-electron chi connectivity index (χ4n) is 5.64. The van der Waals surface area contributed by atoms with E-state index in [0.29, 0.717) is 11.6 Å². The van der Waals surface area contributed by atoms with Crippen molar-refractivity contribution in [1.82, 2.24) is 19.7 Å². The summed E-state index contributed by atoms with van der Waals surface area (Å²) in [5.41, 5.74) is 3.64. The number of fused-ring (bicyclic) bond motifs is 1. The minimum absolute atomic E-state index is 0.0966. The van der Waals surface area contributed by atoms with Gasteiger partial charge in [0, 0.05) is 70.0 Å². The molecule has 3 aliphatic rings. The van der Waals surface area contributed by atoms with E-state index in [1.54, 1.807) is 13.1 Å². The van der Waals surface area contributed by atoms with Gasteiger partial charge >= 0.3 is 0 Å². The van der Waals surface area contributed by atoms with Gasteiger partial charge in [-0.2, -0.15) is 0 Å². The van der Waals surface area contributed by atoms with E-state index in [2.05, 4.69) is 39.5 Å². The van der Waals surface area contributed by atoms with E-state index >= 15 is 0 Å². The predicted molar refractivity (Wildman–Crippen MR) is 133 cm³/mol. The molecule has 1 aromatic carbocycles. The molecule has 0 saturated carbocycles. The molecule has 4 heterocycles. The zero-order chi connectivity index (χ0) is 23.5. The van der Waals surface area contributed by atoms with Gasteiger partial charge < -0.3 is 15.1 Å². The fraction of sp³-hybridized carbons (Fsp3) is 0.519. The molecule has 2 aromatic rings. The molecule has 0 unspecified atom stereocenters. The second-order valence-electron chi connectivity index (χ2n) is 9.87. The van der Waals surface area contributed by atoms with Crippen molar-refractivity contribution in [2.45, 2.75) is 57.7 Å². The normalized spacial score (nSPS) is 20.1. The molecule has 180 valence electrons. The summed E-state index contributed by atoms with van der Waals surface area (Å²) >= 11 is 0. The molecule has 3 aliphatic heterocycles. The van der Waals surface area contributed by atoms with E-state index in [0.717, 1.165) is 77.2 Å². The van der Waals surface area contributed by atoms with Crippen LogP contribution in [0.1, 0.15) is 54.1 Å². The molecule has 2 saturated heterocycles. The summed E-state index contributed by atoms with van der Waals surface area (Å²) in [5, 5.41) is 3.47. The van der Waals surface area contributed by atoms with E-state index in [9.17, 15) is 9.59 Å². The number of nitrogens with one attached hydrogen (secondary N) is 1. The van der Waals surface area contributed by atoms with Crippen LogP contribution in [0.3, 0.4) is 0 Å². The van der Waals surface area contributed by atoms with E-state index in [-0.39, 0.29) is 17.9 Å². The van der Waals surface area contributed by atoms with Crippen molar-refractivity contribution in [3.05, 3.63) is 59.3 Å². The first-order chi connectivity index (χ1) is 16.6. The first-order valence-corrected chi connectivity index (χ1v) is 12.6. The second kappa shape index (κ2) is 10.1. The van der Waals surface area contributed by atoms with Crippen molar-refractivity contribution in [3.8, 4) is 0 Å². The zero-order valence-electron chi connectivity index (χ0n) is 20.1. The second-order valence-corrected chi connectivity index (χ2v) is 9.87. The molecule has 7 heteroatoms. The summed E-state index contributed by atoms with van der Waals surface area (Å²) in [6.45, 7) is 6.90. The van der Waals surface area contributed by atoms with Crippen LogP contribution in [0.5, 0.6) is 0 Å². The van der Waals surface area contributed by atoms with Crippen molar-refractivity contribution in [1.29, 1.82) is 0 Å². The quantitative estimate of drug-likeness (QED) is 0.758. The molecule has 2 fully saturated rings. The SMILES string of the molecule is CC(=O)N1CCC(Nc2cc(C(=O)N3CCC(N4CCc5ccccc5C4)CC3)ccn2)CC1. The highest BCUT2D eigenvalue weighted by atomic mass is 16.2. The molecule has 5 rings (SSSR count). The molecule has 7 nitrogen and oxygen atoms in total. The van der Waals surface area contributed by atoms with Crippen molar-refractivity contribution in [3.63, 3.8) is 0 Å². The zero-order valence-corrected chi connectivity index (χ0v) is 20.1. The van der Waals surface area contributed by atoms with Gasteiger partial charge in [0.25, 0.3) is 5.91 Å². The number of benzene rings is 1. The third-order valence-electron chi connectivity index (χ3n) is 7.73. The van der Waals surface area contributed by atoms with Crippen LogP contribution in [0.4, 0.5) is 5.82 Å².